The van der Waals surface area contributed by atoms with E-state index < -0.39 is 63.8 Å². The molecule has 43 heavy (non-hydrogen) atoms. The van der Waals surface area contributed by atoms with Gasteiger partial charge in [0.2, 0.25) is 0 Å². The number of ketones is 1. The van der Waals surface area contributed by atoms with Gasteiger partial charge in [-0.1, -0.05) is 46.5 Å². The monoisotopic (exact) mass is 596 g/mol. The van der Waals surface area contributed by atoms with Gasteiger partial charge in [0.25, 0.3) is 0 Å². The average molecular weight is 597 g/mol. The molecule has 7 aliphatic rings. The van der Waals surface area contributed by atoms with Crippen LogP contribution in [0.15, 0.2) is 23.0 Å². The molecule has 0 radical (unpaired) electrons. The predicted molar refractivity (Wildman–Crippen MR) is 150 cm³/mol. The standard InChI is InChI=1S/C34H44O9/c1-18(19-7-5-6-8-19)9-13-31(3)25-24(36)26(37)32(4)21(33(25)17-40-23(35)15-22(33)42-31)10-12-30(2)27(20-11-14-39-16-20)41-29(38)28-34(30,32)43-28/h11,14,16,18-19,21-22,25-28,37H,5-10,12-13,15,17H2,1-4H3/t18-,21-,22-,25+,26+,27-,28+,30-,31-,32-,33-,34+/m0/s1. The van der Waals surface area contributed by atoms with Crippen molar-refractivity contribution in [2.75, 3.05) is 6.61 Å². The van der Waals surface area contributed by atoms with Gasteiger partial charge in [0, 0.05) is 21.8 Å². The summed E-state index contributed by atoms with van der Waals surface area (Å²) in [4.78, 5) is 41.0. The Kier molecular flexibility index (Phi) is 5.88. The van der Waals surface area contributed by atoms with E-state index >= 15 is 0 Å². The fourth-order valence-corrected chi connectivity index (χ4v) is 11.8. The summed E-state index contributed by atoms with van der Waals surface area (Å²) in [6, 6.07) is 1.80. The van der Waals surface area contributed by atoms with Crippen LogP contribution < -0.4 is 0 Å². The van der Waals surface area contributed by atoms with E-state index in [0.29, 0.717) is 31.1 Å². The first-order chi connectivity index (χ1) is 20.4. The number of furan rings is 1. The molecule has 9 nitrogen and oxygen atoms in total. The molecule has 12 atom stereocenters. The van der Waals surface area contributed by atoms with Crippen LogP contribution in [0.4, 0.5) is 0 Å². The van der Waals surface area contributed by atoms with Crippen LogP contribution in [-0.4, -0.2) is 58.9 Å². The lowest BCUT2D eigenvalue weighted by Gasteiger charge is -2.66. The van der Waals surface area contributed by atoms with Crippen molar-refractivity contribution in [3.63, 3.8) is 0 Å². The quantitative estimate of drug-likeness (QED) is 0.381. The second-order valence-electron chi connectivity index (χ2n) is 15.6. The van der Waals surface area contributed by atoms with E-state index in [1.807, 2.05) is 13.8 Å². The number of rotatable bonds is 5. The Bertz CT molecular complexity index is 1350. The van der Waals surface area contributed by atoms with Gasteiger partial charge in [-0.15, -0.1) is 0 Å². The van der Waals surface area contributed by atoms with E-state index in [1.165, 1.54) is 25.7 Å². The summed E-state index contributed by atoms with van der Waals surface area (Å²) < 4.78 is 30.6. The highest BCUT2D eigenvalue weighted by atomic mass is 16.7. The number of epoxide rings is 1. The number of carbonyl (C=O) groups excluding carboxylic acids is 3. The third-order valence-electron chi connectivity index (χ3n) is 13.9. The second-order valence-corrected chi connectivity index (χ2v) is 15.6. The van der Waals surface area contributed by atoms with Crippen LogP contribution in [0.1, 0.15) is 97.1 Å². The Morgan fingerprint density at radius 2 is 1.81 bits per heavy atom. The van der Waals surface area contributed by atoms with E-state index in [4.69, 9.17) is 23.4 Å². The van der Waals surface area contributed by atoms with E-state index in [1.54, 1.807) is 18.6 Å². The van der Waals surface area contributed by atoms with Gasteiger partial charge in [0.15, 0.2) is 11.9 Å². The fraction of sp³-hybridized carbons (Fsp3) is 0.794. The number of hydrogen-bond donors (Lipinski definition) is 1. The molecule has 234 valence electrons. The molecule has 0 amide bonds. The van der Waals surface area contributed by atoms with Gasteiger partial charge in [-0.25, -0.2) is 4.79 Å². The maximum absolute atomic E-state index is 14.8. The molecule has 1 aromatic rings. The first-order valence-corrected chi connectivity index (χ1v) is 16.4. The molecule has 2 spiro atoms. The first kappa shape index (κ1) is 28.3. The Hall–Kier alpha value is -2.23. The minimum Gasteiger partial charge on any atom is -0.472 e. The minimum atomic E-state index is -1.37. The van der Waals surface area contributed by atoms with E-state index in [9.17, 15) is 19.5 Å². The molecule has 5 heterocycles. The van der Waals surface area contributed by atoms with Crippen molar-refractivity contribution in [2.24, 2.45) is 39.9 Å². The number of ether oxygens (including phenoxy) is 4. The van der Waals surface area contributed by atoms with E-state index in [0.717, 1.165) is 12.0 Å². The van der Waals surface area contributed by atoms with Crippen molar-refractivity contribution in [3.05, 3.63) is 24.2 Å². The summed E-state index contributed by atoms with van der Waals surface area (Å²) in [5, 5.41) is 12.3. The van der Waals surface area contributed by atoms with Crippen molar-refractivity contribution >= 4 is 17.7 Å². The van der Waals surface area contributed by atoms with E-state index in [-0.39, 0.29) is 30.7 Å². The van der Waals surface area contributed by atoms with Crippen LogP contribution >= 0.6 is 0 Å². The summed E-state index contributed by atoms with van der Waals surface area (Å²) in [6.07, 6.45) is 7.75. The van der Waals surface area contributed by atoms with Crippen LogP contribution in [0, 0.1) is 39.9 Å². The molecule has 1 N–H and O–H groups in total. The lowest BCUT2D eigenvalue weighted by atomic mass is 9.36. The van der Waals surface area contributed by atoms with Crippen LogP contribution in [0.2, 0.25) is 0 Å². The highest BCUT2D eigenvalue weighted by molar-refractivity contribution is 5.92. The van der Waals surface area contributed by atoms with Crippen LogP contribution in [0.25, 0.3) is 0 Å². The third kappa shape index (κ3) is 3.27. The van der Waals surface area contributed by atoms with Crippen LogP contribution in [-0.2, 0) is 33.3 Å². The highest BCUT2D eigenvalue weighted by Crippen LogP contribution is 2.80. The van der Waals surface area contributed by atoms with Crippen molar-refractivity contribution in [2.45, 2.75) is 121 Å². The Labute approximate surface area is 252 Å². The van der Waals surface area contributed by atoms with E-state index in [2.05, 4.69) is 13.8 Å². The summed E-state index contributed by atoms with van der Waals surface area (Å²) in [6.45, 7) is 8.38. The van der Waals surface area contributed by atoms with Crippen LogP contribution in [0.3, 0.4) is 0 Å². The minimum absolute atomic E-state index is 0.0702. The third-order valence-corrected chi connectivity index (χ3v) is 13.9. The largest absolute Gasteiger partial charge is 0.472 e. The Morgan fingerprint density at radius 1 is 1.05 bits per heavy atom. The molecule has 3 saturated carbocycles. The summed E-state index contributed by atoms with van der Waals surface area (Å²) in [7, 11) is 0. The summed E-state index contributed by atoms with van der Waals surface area (Å²) >= 11 is 0. The van der Waals surface area contributed by atoms with Gasteiger partial charge in [-0.05, 0) is 56.4 Å². The van der Waals surface area contributed by atoms with Crippen molar-refractivity contribution in [1.82, 2.24) is 0 Å². The lowest BCUT2D eigenvalue weighted by Crippen LogP contribution is -2.76. The van der Waals surface area contributed by atoms with Crippen molar-refractivity contribution in [1.29, 1.82) is 0 Å². The molecule has 0 aromatic carbocycles. The molecular formula is C34H44O9. The van der Waals surface area contributed by atoms with Gasteiger partial charge in [-0.3, -0.25) is 9.59 Å². The maximum atomic E-state index is 14.8. The zero-order chi connectivity index (χ0) is 30.2. The number of aliphatic hydroxyl groups excluding tert-OH is 1. The number of hydrogen-bond acceptors (Lipinski definition) is 9. The summed E-state index contributed by atoms with van der Waals surface area (Å²) in [5.41, 5.74) is -3.89. The SMILES string of the molecule is C[C@@H](CC[C@]1(C)O[C@H]2CC(=O)OC[C@]23[C@H]2CC[C@@]4(C)[C@H](c5ccoc5)OC(=O)[C@H]5O[C@]54[C@]2(C)[C@H](O)C(=O)[C@@H]31)C1CCCC1. The molecule has 9 heteroatoms. The topological polar surface area (TPSA) is 125 Å². The molecule has 4 saturated heterocycles. The number of carbonyl (C=O) groups is 3. The fourth-order valence-electron chi connectivity index (χ4n) is 11.8. The van der Waals surface area contributed by atoms with Gasteiger partial charge >= 0.3 is 11.9 Å². The number of esters is 2. The number of cyclic esters (lactones) is 2. The lowest BCUT2D eigenvalue weighted by molar-refractivity contribution is -0.252. The number of fused-ring (bicyclic) bond motifs is 1. The Balaban J connectivity index is 1.22. The predicted octanol–water partition coefficient (Wildman–Crippen LogP) is 4.69. The van der Waals surface area contributed by atoms with Gasteiger partial charge in [0.05, 0.1) is 36.6 Å². The van der Waals surface area contributed by atoms with Crippen molar-refractivity contribution < 1.29 is 42.9 Å². The normalized spacial score (nSPS) is 51.0. The smallest absolute Gasteiger partial charge is 0.339 e. The molecule has 0 bridgehead atoms. The summed E-state index contributed by atoms with van der Waals surface area (Å²) in [5.74, 6) is -0.781. The molecule has 1 aromatic heterocycles. The highest BCUT2D eigenvalue weighted by Gasteiger charge is 2.90. The number of Topliss-reactive ketones (excluding diaryl/α,β-unsaturated/α-hetero) is 1. The second kappa shape index (κ2) is 8.94. The molecule has 8 rings (SSSR count). The molecular weight excluding hydrogens is 552 g/mol. The first-order valence-electron chi connectivity index (χ1n) is 16.4. The van der Waals surface area contributed by atoms with Gasteiger partial charge < -0.3 is 28.5 Å². The van der Waals surface area contributed by atoms with Gasteiger partial charge in [-0.2, -0.15) is 0 Å². The molecule has 4 aliphatic heterocycles. The van der Waals surface area contributed by atoms with Crippen LogP contribution in [0.5, 0.6) is 0 Å². The molecule has 3 aliphatic carbocycles. The maximum Gasteiger partial charge on any atom is 0.339 e. The Morgan fingerprint density at radius 3 is 2.53 bits per heavy atom. The number of aliphatic hydroxyl groups is 1. The van der Waals surface area contributed by atoms with Gasteiger partial charge in [0.1, 0.15) is 24.4 Å². The molecule has 0 unspecified atom stereocenters. The zero-order valence-corrected chi connectivity index (χ0v) is 25.6. The zero-order valence-electron chi connectivity index (χ0n) is 25.6. The van der Waals surface area contributed by atoms with Crippen molar-refractivity contribution in [3.8, 4) is 0 Å². The average Bonchev–Trinajstić information content (AvgIpc) is 3.31. The molecule has 7 fully saturated rings.